The minimum atomic E-state index is -4.16. The van der Waals surface area contributed by atoms with E-state index in [9.17, 15) is 8.42 Å². The molecule has 11 nitrogen and oxygen atoms in total. The zero-order valence-corrected chi connectivity index (χ0v) is 28.0. The van der Waals surface area contributed by atoms with Gasteiger partial charge in [-0.1, -0.05) is 61.0 Å². The van der Waals surface area contributed by atoms with Crippen molar-refractivity contribution in [1.82, 2.24) is 19.9 Å². The van der Waals surface area contributed by atoms with E-state index in [1.165, 1.54) is 19.5 Å². The number of benzene rings is 3. The lowest BCUT2D eigenvalue weighted by Crippen LogP contribution is -2.18. The first-order valence-electron chi connectivity index (χ1n) is 14.2. The standard InChI is InChI=1S/C33H32BrN5O6S/c1-33(2,3)22-10-16-25(17-11-22)46(40,41)39-29-28(45-27-9-6-5-8-26(27)42-4)32(38-31(37-29)30-35-18-7-19-36-30)44-21-20-43-24-14-12-23(34)13-15-24/h5-19H,20-21H2,1-4H3,(H,37,38,39). The van der Waals surface area contributed by atoms with Gasteiger partial charge in [-0.3, -0.25) is 4.72 Å². The van der Waals surface area contributed by atoms with Crippen molar-refractivity contribution in [2.75, 3.05) is 25.0 Å². The average molecular weight is 707 g/mol. The van der Waals surface area contributed by atoms with Crippen molar-refractivity contribution < 1.29 is 27.4 Å². The Kier molecular flexibility index (Phi) is 10.0. The van der Waals surface area contributed by atoms with Crippen LogP contribution in [0.1, 0.15) is 26.3 Å². The third-order valence-electron chi connectivity index (χ3n) is 6.55. The minimum absolute atomic E-state index is 0.0117. The van der Waals surface area contributed by atoms with Crippen molar-refractivity contribution in [3.63, 3.8) is 0 Å². The molecule has 5 aromatic rings. The first-order chi connectivity index (χ1) is 22.0. The Labute approximate surface area is 276 Å². The summed E-state index contributed by atoms with van der Waals surface area (Å²) in [5.74, 6) is 1.13. The predicted molar refractivity (Wildman–Crippen MR) is 177 cm³/mol. The van der Waals surface area contributed by atoms with Crippen molar-refractivity contribution in [2.24, 2.45) is 0 Å². The van der Waals surface area contributed by atoms with Crippen molar-refractivity contribution in [1.29, 1.82) is 0 Å². The highest BCUT2D eigenvalue weighted by Gasteiger charge is 2.26. The predicted octanol–water partition coefficient (Wildman–Crippen LogP) is 7.05. The van der Waals surface area contributed by atoms with Crippen LogP contribution in [-0.2, 0) is 15.4 Å². The zero-order valence-electron chi connectivity index (χ0n) is 25.6. The van der Waals surface area contributed by atoms with Crippen LogP contribution in [0.4, 0.5) is 5.82 Å². The molecule has 0 spiro atoms. The summed E-state index contributed by atoms with van der Waals surface area (Å²) in [4.78, 5) is 17.6. The maximum atomic E-state index is 13.7. The molecule has 0 saturated carbocycles. The molecule has 0 unspecified atom stereocenters. The number of sulfonamides is 1. The summed E-state index contributed by atoms with van der Waals surface area (Å²) in [6.45, 7) is 6.34. The Morgan fingerprint density at radius 1 is 0.783 bits per heavy atom. The second-order valence-electron chi connectivity index (χ2n) is 10.9. The van der Waals surface area contributed by atoms with Gasteiger partial charge < -0.3 is 18.9 Å². The number of anilines is 1. The Morgan fingerprint density at radius 2 is 1.43 bits per heavy atom. The van der Waals surface area contributed by atoms with Crippen LogP contribution in [0.25, 0.3) is 11.6 Å². The van der Waals surface area contributed by atoms with Crippen molar-refractivity contribution in [3.05, 3.63) is 101 Å². The lowest BCUT2D eigenvalue weighted by molar-refractivity contribution is 0.207. The van der Waals surface area contributed by atoms with E-state index < -0.39 is 10.0 Å². The van der Waals surface area contributed by atoms with Gasteiger partial charge in [-0.05, 0) is 65.6 Å². The summed E-state index contributed by atoms with van der Waals surface area (Å²) in [6, 6.07) is 22.5. The molecule has 0 aliphatic heterocycles. The molecular weight excluding hydrogens is 674 g/mol. The number of methoxy groups -OCH3 is 1. The Balaban J connectivity index is 1.55. The molecule has 0 aliphatic carbocycles. The molecule has 238 valence electrons. The number of aromatic nitrogens is 4. The topological polar surface area (TPSA) is 135 Å². The van der Waals surface area contributed by atoms with Crippen molar-refractivity contribution in [3.8, 4) is 40.5 Å². The third-order valence-corrected chi connectivity index (χ3v) is 8.43. The van der Waals surface area contributed by atoms with E-state index in [4.69, 9.17) is 18.9 Å². The fraction of sp³-hybridized carbons (Fsp3) is 0.212. The molecule has 5 rings (SSSR count). The van der Waals surface area contributed by atoms with Crippen LogP contribution < -0.4 is 23.7 Å². The van der Waals surface area contributed by atoms with Gasteiger partial charge in [0, 0.05) is 16.9 Å². The van der Waals surface area contributed by atoms with E-state index in [1.807, 2.05) is 24.3 Å². The molecule has 0 amide bonds. The fourth-order valence-electron chi connectivity index (χ4n) is 4.17. The monoisotopic (exact) mass is 705 g/mol. The van der Waals surface area contributed by atoms with Gasteiger partial charge in [0.05, 0.1) is 12.0 Å². The number of hydrogen-bond acceptors (Lipinski definition) is 10. The number of halogens is 1. The maximum Gasteiger partial charge on any atom is 0.264 e. The van der Waals surface area contributed by atoms with Gasteiger partial charge in [0.15, 0.2) is 23.1 Å². The molecule has 0 fully saturated rings. The summed E-state index contributed by atoms with van der Waals surface area (Å²) >= 11 is 3.41. The molecule has 2 heterocycles. The summed E-state index contributed by atoms with van der Waals surface area (Å²) in [7, 11) is -2.67. The average Bonchev–Trinajstić information content (AvgIpc) is 3.05. The van der Waals surface area contributed by atoms with E-state index in [0.717, 1.165) is 10.0 Å². The number of rotatable bonds is 12. The number of nitrogens with zero attached hydrogens (tertiary/aromatic N) is 4. The molecule has 2 aromatic heterocycles. The maximum absolute atomic E-state index is 13.7. The summed E-state index contributed by atoms with van der Waals surface area (Å²) in [5.41, 5.74) is 0.828. The van der Waals surface area contributed by atoms with Crippen LogP contribution in [0.5, 0.6) is 28.9 Å². The van der Waals surface area contributed by atoms with Crippen LogP contribution in [0.2, 0.25) is 0 Å². The Morgan fingerprint density at radius 3 is 2.09 bits per heavy atom. The molecule has 46 heavy (non-hydrogen) atoms. The van der Waals surface area contributed by atoms with Gasteiger partial charge >= 0.3 is 0 Å². The van der Waals surface area contributed by atoms with E-state index in [0.29, 0.717) is 11.5 Å². The lowest BCUT2D eigenvalue weighted by Gasteiger charge is -2.20. The lowest BCUT2D eigenvalue weighted by atomic mass is 9.87. The van der Waals surface area contributed by atoms with Crippen LogP contribution in [-0.4, -0.2) is 48.7 Å². The molecule has 0 aliphatic rings. The van der Waals surface area contributed by atoms with Crippen LogP contribution in [0.15, 0.2) is 101 Å². The van der Waals surface area contributed by atoms with Gasteiger partial charge in [0.25, 0.3) is 15.9 Å². The third kappa shape index (κ3) is 8.09. The van der Waals surface area contributed by atoms with E-state index in [-0.39, 0.29) is 58.4 Å². The highest BCUT2D eigenvalue weighted by atomic mass is 79.9. The van der Waals surface area contributed by atoms with Crippen molar-refractivity contribution >= 4 is 31.8 Å². The molecular formula is C33H32BrN5O6S. The number of hydrogen-bond donors (Lipinski definition) is 1. The Bertz CT molecular complexity index is 1890. The fourth-order valence-corrected chi connectivity index (χ4v) is 5.43. The van der Waals surface area contributed by atoms with Gasteiger partial charge in [-0.2, -0.15) is 4.98 Å². The first-order valence-corrected chi connectivity index (χ1v) is 16.5. The molecule has 0 atom stereocenters. The van der Waals surface area contributed by atoms with E-state index in [2.05, 4.69) is 61.4 Å². The molecule has 0 bridgehead atoms. The van der Waals surface area contributed by atoms with Gasteiger partial charge in [0.2, 0.25) is 11.6 Å². The van der Waals surface area contributed by atoms with Crippen LogP contribution >= 0.6 is 15.9 Å². The summed E-state index contributed by atoms with van der Waals surface area (Å²) in [5, 5.41) is 0. The molecule has 0 saturated heterocycles. The second-order valence-corrected chi connectivity index (χ2v) is 13.5. The van der Waals surface area contributed by atoms with E-state index in [1.54, 1.807) is 54.6 Å². The summed E-state index contributed by atoms with van der Waals surface area (Å²) in [6.07, 6.45) is 3.05. The number of para-hydroxylation sites is 2. The van der Waals surface area contributed by atoms with Gasteiger partial charge in [-0.15, -0.1) is 0 Å². The largest absolute Gasteiger partial charge is 0.493 e. The second kappa shape index (κ2) is 14.1. The molecule has 13 heteroatoms. The quantitative estimate of drug-likeness (QED) is 0.135. The normalized spacial score (nSPS) is 11.5. The van der Waals surface area contributed by atoms with Crippen LogP contribution in [0, 0.1) is 0 Å². The zero-order chi connectivity index (χ0) is 32.7. The van der Waals surface area contributed by atoms with E-state index >= 15 is 0 Å². The highest BCUT2D eigenvalue weighted by Crippen LogP contribution is 2.41. The first kappa shape index (κ1) is 32.6. The SMILES string of the molecule is COc1ccccc1Oc1c(NS(=O)(=O)c2ccc(C(C)(C)C)cc2)nc(-c2ncccn2)nc1OCCOc1ccc(Br)cc1. The minimum Gasteiger partial charge on any atom is -0.493 e. The molecule has 3 aromatic carbocycles. The molecule has 1 N–H and O–H groups in total. The summed E-state index contributed by atoms with van der Waals surface area (Å²) < 4.78 is 54.6. The number of ether oxygens (including phenoxy) is 4. The van der Waals surface area contributed by atoms with Crippen LogP contribution in [0.3, 0.4) is 0 Å². The molecule has 0 radical (unpaired) electrons. The highest BCUT2D eigenvalue weighted by molar-refractivity contribution is 9.10. The number of nitrogens with one attached hydrogen (secondary N) is 1. The van der Waals surface area contributed by atoms with Gasteiger partial charge in [0.1, 0.15) is 19.0 Å². The Hall–Kier alpha value is -4.75. The van der Waals surface area contributed by atoms with Gasteiger partial charge in [-0.25, -0.2) is 23.4 Å². The smallest absolute Gasteiger partial charge is 0.264 e. The van der Waals surface area contributed by atoms with Crippen molar-refractivity contribution in [2.45, 2.75) is 31.1 Å².